The van der Waals surface area contributed by atoms with E-state index in [2.05, 4.69) is 5.32 Å². The molecule has 0 bridgehead atoms. The Hall–Kier alpha value is -2.40. The van der Waals surface area contributed by atoms with Gasteiger partial charge in [-0.15, -0.1) is 11.3 Å². The summed E-state index contributed by atoms with van der Waals surface area (Å²) in [5, 5.41) is 4.56. The monoisotopic (exact) mass is 315 g/mol. The minimum Gasteiger partial charge on any atom is -0.445 e. The Balaban J connectivity index is 1.64. The predicted molar refractivity (Wildman–Crippen MR) is 88.0 cm³/mol. The van der Waals surface area contributed by atoms with E-state index in [9.17, 15) is 9.59 Å². The molecule has 2 aromatic rings. The highest BCUT2D eigenvalue weighted by atomic mass is 32.1. The van der Waals surface area contributed by atoms with Gasteiger partial charge in [0.05, 0.1) is 4.88 Å². The number of nitrogens with one attached hydrogen (secondary N) is 1. The van der Waals surface area contributed by atoms with Gasteiger partial charge in [0, 0.05) is 6.54 Å². The summed E-state index contributed by atoms with van der Waals surface area (Å²) in [4.78, 5) is 23.0. The van der Waals surface area contributed by atoms with E-state index < -0.39 is 6.09 Å². The topological polar surface area (TPSA) is 55.4 Å². The molecule has 0 atom stereocenters. The molecule has 4 nitrogen and oxygen atoms in total. The highest BCUT2D eigenvalue weighted by Crippen LogP contribution is 2.15. The number of benzene rings is 1. The van der Waals surface area contributed by atoms with Gasteiger partial charge in [-0.3, -0.25) is 4.79 Å². The van der Waals surface area contributed by atoms with Crippen LogP contribution in [0.2, 0.25) is 0 Å². The van der Waals surface area contributed by atoms with Gasteiger partial charge >= 0.3 is 6.09 Å². The van der Waals surface area contributed by atoms with Crippen LogP contribution in [0.4, 0.5) is 4.79 Å². The van der Waals surface area contributed by atoms with E-state index in [1.807, 2.05) is 53.9 Å². The molecule has 114 valence electrons. The number of amides is 1. The van der Waals surface area contributed by atoms with Crippen LogP contribution >= 0.6 is 11.3 Å². The summed E-state index contributed by atoms with van der Waals surface area (Å²) in [6.45, 7) is 0.755. The zero-order valence-corrected chi connectivity index (χ0v) is 12.8. The Morgan fingerprint density at radius 2 is 2.05 bits per heavy atom. The van der Waals surface area contributed by atoms with E-state index in [4.69, 9.17) is 4.74 Å². The molecule has 0 saturated carbocycles. The highest BCUT2D eigenvalue weighted by Gasteiger charge is 2.01. The van der Waals surface area contributed by atoms with E-state index in [0.29, 0.717) is 17.8 Å². The van der Waals surface area contributed by atoms with Crippen molar-refractivity contribution in [2.24, 2.45) is 0 Å². The van der Waals surface area contributed by atoms with Gasteiger partial charge in [-0.2, -0.15) is 0 Å². The molecule has 1 aromatic heterocycles. The number of rotatable bonds is 7. The van der Waals surface area contributed by atoms with Crippen LogP contribution in [0.15, 0.2) is 47.9 Å². The second-order valence-corrected chi connectivity index (χ2v) is 5.49. The first-order valence-electron chi connectivity index (χ1n) is 6.93. The summed E-state index contributed by atoms with van der Waals surface area (Å²) >= 11 is 1.41. The van der Waals surface area contributed by atoms with Crippen LogP contribution in [0.3, 0.4) is 0 Å². The molecule has 0 fully saturated rings. The van der Waals surface area contributed by atoms with E-state index in [1.54, 1.807) is 0 Å². The van der Waals surface area contributed by atoms with Crippen LogP contribution in [-0.2, 0) is 11.3 Å². The van der Waals surface area contributed by atoms with E-state index >= 15 is 0 Å². The van der Waals surface area contributed by atoms with Crippen LogP contribution in [0.25, 0.3) is 6.08 Å². The smallest absolute Gasteiger partial charge is 0.407 e. The second kappa shape index (κ2) is 8.79. The molecular formula is C17H17NO3S. The molecule has 0 radical (unpaired) electrons. The lowest BCUT2D eigenvalue weighted by molar-refractivity contribution is 0.112. The molecule has 0 saturated heterocycles. The van der Waals surface area contributed by atoms with Gasteiger partial charge in [0.1, 0.15) is 6.61 Å². The van der Waals surface area contributed by atoms with E-state index in [1.165, 1.54) is 11.3 Å². The van der Waals surface area contributed by atoms with Crippen molar-refractivity contribution in [1.29, 1.82) is 0 Å². The van der Waals surface area contributed by atoms with Crippen LogP contribution in [0.5, 0.6) is 0 Å². The second-order valence-electron chi connectivity index (χ2n) is 4.54. The van der Waals surface area contributed by atoms with Crippen LogP contribution in [0.1, 0.15) is 27.2 Å². The quantitative estimate of drug-likeness (QED) is 0.623. The van der Waals surface area contributed by atoms with Gasteiger partial charge in [-0.1, -0.05) is 42.5 Å². The van der Waals surface area contributed by atoms with Crippen molar-refractivity contribution in [3.63, 3.8) is 0 Å². The molecule has 0 aliphatic carbocycles. The number of ether oxygens (including phenoxy) is 1. The zero-order chi connectivity index (χ0) is 15.6. The lowest BCUT2D eigenvalue weighted by Crippen LogP contribution is -2.24. The Kier molecular flexibility index (Phi) is 6.39. The molecule has 1 N–H and O–H groups in total. The van der Waals surface area contributed by atoms with Crippen molar-refractivity contribution in [1.82, 2.24) is 5.32 Å². The largest absolute Gasteiger partial charge is 0.445 e. The number of carbonyl (C=O) groups excluding carboxylic acids is 2. The van der Waals surface area contributed by atoms with Crippen molar-refractivity contribution >= 4 is 29.8 Å². The van der Waals surface area contributed by atoms with Gasteiger partial charge < -0.3 is 10.1 Å². The molecule has 0 aliphatic heterocycles. The average Bonchev–Trinajstić information content (AvgIpc) is 3.01. The summed E-state index contributed by atoms with van der Waals surface area (Å²) in [7, 11) is 0. The molecule has 1 amide bonds. The van der Waals surface area contributed by atoms with Crippen molar-refractivity contribution in [2.75, 3.05) is 6.54 Å². The third-order valence-electron chi connectivity index (χ3n) is 2.92. The molecular weight excluding hydrogens is 298 g/mol. The summed E-state index contributed by atoms with van der Waals surface area (Å²) in [5.41, 5.74) is 1.86. The first-order valence-corrected chi connectivity index (χ1v) is 7.81. The number of aldehydes is 1. The SMILES string of the molecule is O=Cc1sccc1C=CCCNC(=O)OCc1ccccc1. The lowest BCUT2D eigenvalue weighted by atomic mass is 10.2. The fraction of sp³-hybridized carbons (Fsp3) is 0.176. The molecule has 0 unspecified atom stereocenters. The summed E-state index contributed by atoms with van der Waals surface area (Å²) in [5.74, 6) is 0. The average molecular weight is 315 g/mol. The first kappa shape index (κ1) is 16.0. The highest BCUT2D eigenvalue weighted by molar-refractivity contribution is 7.11. The predicted octanol–water partition coefficient (Wildman–Crippen LogP) is 3.89. The third kappa shape index (κ3) is 5.18. The third-order valence-corrected chi connectivity index (χ3v) is 3.78. The van der Waals surface area contributed by atoms with Gasteiger partial charge in [0.25, 0.3) is 0 Å². The van der Waals surface area contributed by atoms with E-state index in [-0.39, 0.29) is 6.61 Å². The van der Waals surface area contributed by atoms with Crippen molar-refractivity contribution in [2.45, 2.75) is 13.0 Å². The molecule has 0 aliphatic rings. The molecule has 1 aromatic carbocycles. The lowest BCUT2D eigenvalue weighted by Gasteiger charge is -2.05. The fourth-order valence-electron chi connectivity index (χ4n) is 1.81. The zero-order valence-electron chi connectivity index (χ0n) is 12.0. The molecule has 1 heterocycles. The minimum atomic E-state index is -0.429. The van der Waals surface area contributed by atoms with Gasteiger partial charge in [0.2, 0.25) is 0 Å². The van der Waals surface area contributed by atoms with Crippen molar-refractivity contribution < 1.29 is 14.3 Å². The minimum absolute atomic E-state index is 0.264. The summed E-state index contributed by atoms with van der Waals surface area (Å²) in [6.07, 6.45) is 4.91. The standard InChI is InChI=1S/C17H17NO3S/c19-12-16-15(9-11-22-16)8-4-5-10-18-17(20)21-13-14-6-2-1-3-7-14/h1-4,6-9,11-12H,5,10,13H2,(H,18,20). The number of hydrogen-bond acceptors (Lipinski definition) is 4. The Labute approximate surface area is 133 Å². The normalized spacial score (nSPS) is 10.5. The molecule has 5 heteroatoms. The van der Waals surface area contributed by atoms with Crippen LogP contribution in [-0.4, -0.2) is 18.9 Å². The number of alkyl carbamates (subject to hydrolysis) is 1. The van der Waals surface area contributed by atoms with E-state index in [0.717, 1.165) is 17.4 Å². The van der Waals surface area contributed by atoms with Crippen LogP contribution in [0, 0.1) is 0 Å². The van der Waals surface area contributed by atoms with Crippen molar-refractivity contribution in [3.05, 3.63) is 63.9 Å². The van der Waals surface area contributed by atoms with Crippen LogP contribution < -0.4 is 5.32 Å². The van der Waals surface area contributed by atoms with Gasteiger partial charge in [0.15, 0.2) is 6.29 Å². The Bertz CT molecular complexity index is 634. The number of thiophene rings is 1. The number of hydrogen-bond donors (Lipinski definition) is 1. The molecule has 22 heavy (non-hydrogen) atoms. The molecule has 2 rings (SSSR count). The Morgan fingerprint density at radius 3 is 2.82 bits per heavy atom. The first-order chi connectivity index (χ1) is 10.8. The maximum absolute atomic E-state index is 11.5. The maximum Gasteiger partial charge on any atom is 0.407 e. The summed E-state index contributed by atoms with van der Waals surface area (Å²) < 4.78 is 5.10. The van der Waals surface area contributed by atoms with Gasteiger partial charge in [-0.25, -0.2) is 4.79 Å². The Morgan fingerprint density at radius 1 is 1.23 bits per heavy atom. The van der Waals surface area contributed by atoms with Gasteiger partial charge in [-0.05, 0) is 29.0 Å². The maximum atomic E-state index is 11.5. The fourth-order valence-corrected chi connectivity index (χ4v) is 2.50. The number of carbonyl (C=O) groups is 2. The molecule has 0 spiro atoms. The summed E-state index contributed by atoms with van der Waals surface area (Å²) in [6, 6.07) is 11.4. The van der Waals surface area contributed by atoms with Crippen molar-refractivity contribution in [3.8, 4) is 0 Å².